The highest BCUT2D eigenvalue weighted by Crippen LogP contribution is 2.42. The molecule has 2 amide bonds. The predicted molar refractivity (Wildman–Crippen MR) is 162 cm³/mol. The van der Waals surface area contributed by atoms with Crippen LogP contribution in [0.5, 0.6) is 5.75 Å². The van der Waals surface area contributed by atoms with Crippen LogP contribution in [0.15, 0.2) is 78.9 Å². The Hall–Kier alpha value is -3.86. The molecule has 2 heterocycles. The zero-order valence-electron chi connectivity index (χ0n) is 23.9. The Balaban J connectivity index is 1.34. The van der Waals surface area contributed by atoms with Gasteiger partial charge in [0, 0.05) is 61.0 Å². The molecule has 3 aromatic rings. The Morgan fingerprint density at radius 2 is 1.66 bits per heavy atom. The Morgan fingerprint density at radius 1 is 0.976 bits per heavy atom. The van der Waals surface area contributed by atoms with Gasteiger partial charge in [-0.3, -0.25) is 4.90 Å². The number of hydrogen-bond donors (Lipinski definition) is 1. The second-order valence-electron chi connectivity index (χ2n) is 10.9. The third kappa shape index (κ3) is 7.08. The minimum absolute atomic E-state index is 0.0831. The van der Waals surface area contributed by atoms with Gasteiger partial charge in [-0.05, 0) is 80.5 Å². The zero-order valence-corrected chi connectivity index (χ0v) is 23.9. The topological polar surface area (TPSA) is 48.1 Å². The molecule has 0 aliphatic carbocycles. The lowest BCUT2D eigenvalue weighted by Crippen LogP contribution is -2.69. The molecule has 2 saturated heterocycles. The summed E-state index contributed by atoms with van der Waals surface area (Å²) in [5.74, 6) is 7.50. The van der Waals surface area contributed by atoms with E-state index in [-0.39, 0.29) is 30.7 Å². The number of nitrogens with one attached hydrogen (secondary N) is 1. The molecule has 1 N–H and O–H groups in total. The Labute approximate surface area is 243 Å². The molecule has 7 heteroatoms. The highest BCUT2D eigenvalue weighted by atomic mass is 19.1. The van der Waals surface area contributed by atoms with Crippen LogP contribution in [0.3, 0.4) is 0 Å². The number of urea groups is 1. The van der Waals surface area contributed by atoms with Gasteiger partial charge in [-0.25, -0.2) is 9.18 Å². The molecule has 41 heavy (non-hydrogen) atoms. The lowest BCUT2D eigenvalue weighted by Gasteiger charge is -2.58. The third-order valence-corrected chi connectivity index (χ3v) is 8.20. The Kier molecular flexibility index (Phi) is 9.55. The number of hydrogen-bond acceptors (Lipinski definition) is 4. The highest BCUT2D eigenvalue weighted by molar-refractivity contribution is 5.89. The lowest BCUT2D eigenvalue weighted by molar-refractivity contribution is -0.0473. The number of methoxy groups -OCH3 is 1. The number of alkyl halides is 1. The minimum atomic E-state index is -0.356. The predicted octanol–water partition coefficient (Wildman–Crippen LogP) is 5.46. The maximum Gasteiger partial charge on any atom is 0.321 e. The number of amides is 2. The maximum absolute atomic E-state index is 13.4. The van der Waals surface area contributed by atoms with Gasteiger partial charge in [0.1, 0.15) is 12.4 Å². The zero-order chi connectivity index (χ0) is 28.6. The van der Waals surface area contributed by atoms with Gasteiger partial charge < -0.3 is 19.9 Å². The first-order chi connectivity index (χ1) is 20.1. The molecule has 3 aromatic carbocycles. The van der Waals surface area contributed by atoms with Crippen LogP contribution in [-0.4, -0.2) is 86.4 Å². The number of fused-ring (bicyclic) bond motifs is 1. The molecule has 0 aromatic heterocycles. The summed E-state index contributed by atoms with van der Waals surface area (Å²) in [5.41, 5.74) is 3.95. The number of carbonyl (C=O) groups excluding carboxylic acids is 1. The van der Waals surface area contributed by atoms with Crippen LogP contribution < -0.4 is 10.1 Å². The van der Waals surface area contributed by atoms with Crippen LogP contribution in [0.25, 0.3) is 0 Å². The van der Waals surface area contributed by atoms with Crippen molar-refractivity contribution in [2.75, 3.05) is 58.9 Å². The van der Waals surface area contributed by atoms with E-state index in [0.717, 1.165) is 55.0 Å². The molecule has 3 atom stereocenters. The second-order valence-corrected chi connectivity index (χ2v) is 10.9. The van der Waals surface area contributed by atoms with Crippen molar-refractivity contribution in [3.05, 3.63) is 95.6 Å². The van der Waals surface area contributed by atoms with Crippen molar-refractivity contribution in [2.24, 2.45) is 0 Å². The van der Waals surface area contributed by atoms with Crippen LogP contribution in [0, 0.1) is 11.8 Å². The van der Waals surface area contributed by atoms with Crippen molar-refractivity contribution >= 4 is 11.7 Å². The quantitative estimate of drug-likeness (QED) is 0.394. The summed E-state index contributed by atoms with van der Waals surface area (Å²) in [5, 5.41) is 3.07. The summed E-state index contributed by atoms with van der Waals surface area (Å²) in [4.78, 5) is 20.0. The molecule has 2 aliphatic rings. The number of benzene rings is 3. The standard InChI is InChI=1S/C34H39FN4O2/c1-37(23-20-35)24-31-33(28-14-12-27(13-15-28)11-10-26-8-4-3-5-9-26)32-25-38(21-6-7-22-39(31)32)34(40)36-29-16-18-30(41-2)19-17-29/h3-5,8-9,12-19,31-33H,6-7,20-25H2,1-2H3,(H,36,40)/t31-,32+,33+/m1/s1. The molecule has 0 radical (unpaired) electrons. The molecule has 0 spiro atoms. The van der Waals surface area contributed by atoms with Gasteiger partial charge in [0.25, 0.3) is 0 Å². The number of rotatable bonds is 7. The number of nitrogens with zero attached hydrogens (tertiary/aromatic N) is 3. The van der Waals surface area contributed by atoms with Gasteiger partial charge in [-0.2, -0.15) is 0 Å². The van der Waals surface area contributed by atoms with E-state index >= 15 is 0 Å². The number of anilines is 1. The van der Waals surface area contributed by atoms with Crippen molar-refractivity contribution in [1.82, 2.24) is 14.7 Å². The van der Waals surface area contributed by atoms with Crippen LogP contribution in [0.2, 0.25) is 0 Å². The van der Waals surface area contributed by atoms with Crippen molar-refractivity contribution in [3.8, 4) is 17.6 Å². The number of likely N-dealkylation sites (N-methyl/N-ethyl adjacent to an activating group) is 1. The van der Waals surface area contributed by atoms with E-state index in [1.807, 2.05) is 66.5 Å². The van der Waals surface area contributed by atoms with E-state index in [1.54, 1.807) is 7.11 Å². The molecule has 2 aliphatic heterocycles. The largest absolute Gasteiger partial charge is 0.497 e. The maximum atomic E-state index is 13.4. The second kappa shape index (κ2) is 13.7. The summed E-state index contributed by atoms with van der Waals surface area (Å²) in [6.45, 7) is 3.21. The summed E-state index contributed by atoms with van der Waals surface area (Å²) >= 11 is 0. The van der Waals surface area contributed by atoms with Gasteiger partial charge in [-0.15, -0.1) is 0 Å². The van der Waals surface area contributed by atoms with Crippen LogP contribution in [0.4, 0.5) is 14.9 Å². The summed E-state index contributed by atoms with van der Waals surface area (Å²) in [6.07, 6.45) is 1.97. The summed E-state index contributed by atoms with van der Waals surface area (Å²) < 4.78 is 18.4. The monoisotopic (exact) mass is 554 g/mol. The first kappa shape index (κ1) is 28.7. The first-order valence-corrected chi connectivity index (χ1v) is 14.4. The molecular formula is C34H39FN4O2. The smallest absolute Gasteiger partial charge is 0.321 e. The molecule has 5 rings (SSSR count). The van der Waals surface area contributed by atoms with Gasteiger partial charge in [0.05, 0.1) is 7.11 Å². The van der Waals surface area contributed by atoms with Gasteiger partial charge in [-0.1, -0.05) is 42.2 Å². The molecule has 6 nitrogen and oxygen atoms in total. The average Bonchev–Trinajstić information content (AvgIpc) is 2.98. The van der Waals surface area contributed by atoms with Crippen molar-refractivity contribution in [1.29, 1.82) is 0 Å². The minimum Gasteiger partial charge on any atom is -0.497 e. The first-order valence-electron chi connectivity index (χ1n) is 14.4. The molecule has 2 fully saturated rings. The highest BCUT2D eigenvalue weighted by Gasteiger charge is 2.50. The molecule has 0 bridgehead atoms. The Bertz CT molecular complexity index is 1340. The third-order valence-electron chi connectivity index (χ3n) is 8.20. The van der Waals surface area contributed by atoms with Crippen LogP contribution >= 0.6 is 0 Å². The van der Waals surface area contributed by atoms with E-state index in [2.05, 4.69) is 51.2 Å². The fourth-order valence-electron chi connectivity index (χ4n) is 6.01. The number of halogens is 1. The fourth-order valence-corrected chi connectivity index (χ4v) is 6.01. The van der Waals surface area contributed by atoms with Crippen molar-refractivity contribution in [3.63, 3.8) is 0 Å². The van der Waals surface area contributed by atoms with Crippen molar-refractivity contribution < 1.29 is 13.9 Å². The van der Waals surface area contributed by atoms with E-state index in [0.29, 0.717) is 13.1 Å². The Morgan fingerprint density at radius 3 is 2.34 bits per heavy atom. The van der Waals surface area contributed by atoms with Gasteiger partial charge in [0.2, 0.25) is 0 Å². The van der Waals surface area contributed by atoms with E-state index in [1.165, 1.54) is 5.56 Å². The van der Waals surface area contributed by atoms with Crippen LogP contribution in [-0.2, 0) is 0 Å². The SMILES string of the molecule is COc1ccc(NC(=O)N2CCCCN3[C@H](CN(C)CCF)[C@H](c4ccc(C#Cc5ccccc5)cc4)[C@@H]3C2)cc1. The molecular weight excluding hydrogens is 515 g/mol. The average molecular weight is 555 g/mol. The number of carbonyl (C=O) groups is 1. The fraction of sp³-hybridized carbons (Fsp3) is 0.382. The normalized spacial score (nSPS) is 20.6. The summed E-state index contributed by atoms with van der Waals surface area (Å²) in [7, 11) is 3.62. The molecule has 0 saturated carbocycles. The van der Waals surface area contributed by atoms with Crippen molar-refractivity contribution in [2.45, 2.75) is 30.8 Å². The van der Waals surface area contributed by atoms with E-state index in [4.69, 9.17) is 4.74 Å². The lowest BCUT2D eigenvalue weighted by atomic mass is 9.73. The molecule has 214 valence electrons. The van der Waals surface area contributed by atoms with Crippen LogP contribution in [0.1, 0.15) is 35.4 Å². The summed E-state index contributed by atoms with van der Waals surface area (Å²) in [6, 6.07) is 26.3. The molecule has 0 unspecified atom stereocenters. The van der Waals surface area contributed by atoms with Gasteiger partial charge >= 0.3 is 6.03 Å². The number of ether oxygens (including phenoxy) is 1. The van der Waals surface area contributed by atoms with E-state index in [9.17, 15) is 9.18 Å². The van der Waals surface area contributed by atoms with Gasteiger partial charge in [0.15, 0.2) is 0 Å². The van der Waals surface area contributed by atoms with E-state index < -0.39 is 0 Å².